The number of hydrogen-bond acceptors (Lipinski definition) is 4. The maximum absolute atomic E-state index is 12.1. The second kappa shape index (κ2) is 10.0. The Morgan fingerprint density at radius 1 is 1.36 bits per heavy atom. The second-order valence-corrected chi connectivity index (χ2v) is 10.6. The molecule has 0 bridgehead atoms. The molecule has 1 aliphatic carbocycles. The van der Waals surface area contributed by atoms with Crippen LogP contribution in [0.2, 0.25) is 0 Å². The number of nitrogens with one attached hydrogen (secondary N) is 2. The van der Waals surface area contributed by atoms with Gasteiger partial charge in [0.1, 0.15) is 0 Å². The highest BCUT2D eigenvalue weighted by Gasteiger charge is 2.25. The van der Waals surface area contributed by atoms with Crippen molar-refractivity contribution >= 4 is 27.7 Å². The average Bonchev–Trinajstić information content (AvgIpc) is 2.52. The van der Waals surface area contributed by atoms with Gasteiger partial charge >= 0.3 is 0 Å². The van der Waals surface area contributed by atoms with Gasteiger partial charge in [-0.25, -0.2) is 13.1 Å². The molecule has 0 spiro atoms. The monoisotopic (exact) mass is 390 g/mol. The summed E-state index contributed by atoms with van der Waals surface area (Å²) < 4.78 is 27.0. The predicted molar refractivity (Wildman–Crippen MR) is 108 cm³/mol. The van der Waals surface area contributed by atoms with Crippen LogP contribution in [0, 0.1) is 11.8 Å². The molecule has 2 rings (SSSR count). The lowest BCUT2D eigenvalue weighted by Gasteiger charge is -2.36. The first-order valence-electron chi connectivity index (χ1n) is 9.53. The van der Waals surface area contributed by atoms with Crippen molar-refractivity contribution in [2.45, 2.75) is 45.3 Å². The smallest absolute Gasteiger partial charge is 0.213 e. The molecule has 0 radical (unpaired) electrons. The number of nitrogens with zero attached hydrogens (tertiary/aromatic N) is 2. The quantitative estimate of drug-likeness (QED) is 0.488. The number of rotatable bonds is 8. The Labute approximate surface area is 157 Å². The van der Waals surface area contributed by atoms with Crippen LogP contribution in [-0.2, 0) is 10.0 Å². The van der Waals surface area contributed by atoms with E-state index in [1.807, 2.05) is 18.7 Å². The zero-order valence-electron chi connectivity index (χ0n) is 15.8. The molecule has 0 aromatic carbocycles. The van der Waals surface area contributed by atoms with E-state index in [1.54, 1.807) is 0 Å². The molecule has 6 nitrogen and oxygen atoms in total. The van der Waals surface area contributed by atoms with E-state index in [2.05, 4.69) is 33.8 Å². The molecule has 2 fully saturated rings. The summed E-state index contributed by atoms with van der Waals surface area (Å²) in [4.78, 5) is 6.86. The molecule has 1 atom stereocenters. The largest absolute Gasteiger partial charge is 0.357 e. The normalized spacial score (nSPS) is 23.0. The maximum Gasteiger partial charge on any atom is 0.213 e. The molecule has 0 amide bonds. The van der Waals surface area contributed by atoms with Gasteiger partial charge in [0, 0.05) is 37.2 Å². The van der Waals surface area contributed by atoms with E-state index in [0.29, 0.717) is 30.2 Å². The molecule has 25 heavy (non-hydrogen) atoms. The third kappa shape index (κ3) is 6.98. The van der Waals surface area contributed by atoms with Crippen LogP contribution in [0.4, 0.5) is 0 Å². The molecule has 1 saturated heterocycles. The Hall–Kier alpha value is -0.470. The van der Waals surface area contributed by atoms with Crippen molar-refractivity contribution in [1.29, 1.82) is 0 Å². The fourth-order valence-corrected chi connectivity index (χ4v) is 5.25. The van der Waals surface area contributed by atoms with Crippen LogP contribution in [0.5, 0.6) is 0 Å². The summed E-state index contributed by atoms with van der Waals surface area (Å²) in [6.45, 7) is 10.2. The summed E-state index contributed by atoms with van der Waals surface area (Å²) in [5.74, 6) is 3.17. The van der Waals surface area contributed by atoms with E-state index in [1.165, 1.54) is 6.42 Å². The Morgan fingerprint density at radius 2 is 2.12 bits per heavy atom. The van der Waals surface area contributed by atoms with Crippen LogP contribution in [0.25, 0.3) is 0 Å². The molecule has 1 aliphatic heterocycles. The van der Waals surface area contributed by atoms with Gasteiger partial charge in [-0.1, -0.05) is 20.3 Å². The van der Waals surface area contributed by atoms with Crippen molar-refractivity contribution in [3.8, 4) is 0 Å². The highest BCUT2D eigenvalue weighted by Crippen LogP contribution is 2.25. The van der Waals surface area contributed by atoms with Crippen molar-refractivity contribution in [2.24, 2.45) is 16.8 Å². The Kier molecular flexibility index (Phi) is 8.35. The number of thioether (sulfide) groups is 1. The van der Waals surface area contributed by atoms with Gasteiger partial charge in [-0.3, -0.25) is 4.99 Å². The number of aliphatic imine (C=N–C) groups is 1. The van der Waals surface area contributed by atoms with Crippen molar-refractivity contribution < 1.29 is 8.42 Å². The van der Waals surface area contributed by atoms with Crippen molar-refractivity contribution in [1.82, 2.24) is 14.9 Å². The zero-order valence-corrected chi connectivity index (χ0v) is 17.5. The summed E-state index contributed by atoms with van der Waals surface area (Å²) in [6, 6.07) is 0. The lowest BCUT2D eigenvalue weighted by molar-refractivity contribution is 0.316. The maximum atomic E-state index is 12.1. The lowest BCUT2D eigenvalue weighted by Crippen LogP contribution is -2.49. The highest BCUT2D eigenvalue weighted by molar-refractivity contribution is 8.00. The van der Waals surface area contributed by atoms with Gasteiger partial charge in [0.05, 0.1) is 12.3 Å². The van der Waals surface area contributed by atoms with Gasteiger partial charge in [-0.05, 0) is 31.6 Å². The second-order valence-electron chi connectivity index (χ2n) is 7.30. The lowest BCUT2D eigenvalue weighted by atomic mass is 9.86. The van der Waals surface area contributed by atoms with E-state index in [-0.39, 0.29) is 5.75 Å². The van der Waals surface area contributed by atoms with Gasteiger partial charge in [0.2, 0.25) is 10.0 Å². The van der Waals surface area contributed by atoms with Crippen LogP contribution in [0.15, 0.2) is 4.99 Å². The summed E-state index contributed by atoms with van der Waals surface area (Å²) in [7, 11) is -3.23. The standard InChI is InChI=1S/C17H34N4O2S2/c1-4-18-17(21-9-10-24-16(13-21)14(2)3)19-8-11-25(22,23)20-12-15-6-5-7-15/h14-16,20H,4-13H2,1-3H3,(H,18,19). The summed E-state index contributed by atoms with van der Waals surface area (Å²) in [5.41, 5.74) is 0. The van der Waals surface area contributed by atoms with Gasteiger partial charge in [-0.2, -0.15) is 11.8 Å². The van der Waals surface area contributed by atoms with E-state index in [9.17, 15) is 8.42 Å². The molecular weight excluding hydrogens is 356 g/mol. The Bertz CT molecular complexity index is 533. The molecular formula is C17H34N4O2S2. The minimum atomic E-state index is -3.23. The fourth-order valence-electron chi connectivity index (χ4n) is 2.98. The third-order valence-corrected chi connectivity index (χ3v) is 7.78. The third-order valence-electron chi connectivity index (χ3n) is 4.91. The molecule has 1 heterocycles. The van der Waals surface area contributed by atoms with Crippen LogP contribution >= 0.6 is 11.8 Å². The molecule has 146 valence electrons. The van der Waals surface area contributed by atoms with Crippen LogP contribution in [0.1, 0.15) is 40.0 Å². The summed E-state index contributed by atoms with van der Waals surface area (Å²) in [5, 5.41) is 3.92. The van der Waals surface area contributed by atoms with Gasteiger partial charge in [0.25, 0.3) is 0 Å². The molecule has 1 unspecified atom stereocenters. The molecule has 0 aromatic rings. The van der Waals surface area contributed by atoms with Crippen molar-refractivity contribution in [2.75, 3.05) is 44.2 Å². The molecule has 0 aromatic heterocycles. The first kappa shape index (κ1) is 20.8. The minimum Gasteiger partial charge on any atom is -0.357 e. The fraction of sp³-hybridized carbons (Fsp3) is 0.941. The predicted octanol–water partition coefficient (Wildman–Crippen LogP) is 1.74. The summed E-state index contributed by atoms with van der Waals surface area (Å²) >= 11 is 2.03. The molecule has 2 N–H and O–H groups in total. The SMILES string of the molecule is CCNC(=NCCS(=O)(=O)NCC1CCC1)N1CCSC(C(C)C)C1. The van der Waals surface area contributed by atoms with Gasteiger partial charge < -0.3 is 10.2 Å². The average molecular weight is 391 g/mol. The topological polar surface area (TPSA) is 73.8 Å². The Balaban J connectivity index is 1.85. The van der Waals surface area contributed by atoms with Gasteiger partial charge in [0.15, 0.2) is 5.96 Å². The van der Waals surface area contributed by atoms with E-state index in [4.69, 9.17) is 0 Å². The number of hydrogen-bond donors (Lipinski definition) is 2. The molecule has 2 aliphatic rings. The van der Waals surface area contributed by atoms with Crippen molar-refractivity contribution in [3.05, 3.63) is 0 Å². The van der Waals surface area contributed by atoms with E-state index in [0.717, 1.165) is 44.2 Å². The first-order valence-corrected chi connectivity index (χ1v) is 12.2. The van der Waals surface area contributed by atoms with Crippen LogP contribution in [0.3, 0.4) is 0 Å². The first-order chi connectivity index (χ1) is 11.9. The van der Waals surface area contributed by atoms with Crippen LogP contribution < -0.4 is 10.0 Å². The van der Waals surface area contributed by atoms with Gasteiger partial charge in [-0.15, -0.1) is 0 Å². The van der Waals surface area contributed by atoms with E-state index < -0.39 is 10.0 Å². The van der Waals surface area contributed by atoms with E-state index >= 15 is 0 Å². The highest BCUT2D eigenvalue weighted by atomic mass is 32.2. The number of sulfonamides is 1. The zero-order chi connectivity index (χ0) is 18.3. The summed E-state index contributed by atoms with van der Waals surface area (Å²) in [6.07, 6.45) is 3.53. The Morgan fingerprint density at radius 3 is 2.72 bits per heavy atom. The minimum absolute atomic E-state index is 0.0603. The number of guanidine groups is 1. The van der Waals surface area contributed by atoms with Crippen LogP contribution in [-0.4, -0.2) is 68.8 Å². The molecule has 8 heteroatoms. The van der Waals surface area contributed by atoms with Crippen molar-refractivity contribution in [3.63, 3.8) is 0 Å². The molecule has 1 saturated carbocycles.